The Kier molecular flexibility index (Phi) is 4.45. The van der Waals surface area contributed by atoms with E-state index >= 15 is 0 Å². The van der Waals surface area contributed by atoms with Crippen molar-refractivity contribution in [3.63, 3.8) is 0 Å². The van der Waals surface area contributed by atoms with Crippen molar-refractivity contribution >= 4 is 0 Å². The topological polar surface area (TPSA) is 47.7 Å². The standard InChI is InChI=1S/C15H24N2O2/c1-15(2)11-19-7-6-17(15)10-12-4-5-14(18-3)13(8-12)9-16/h4-5,8H,6-7,9-11,16H2,1-3H3. The van der Waals surface area contributed by atoms with Crippen LogP contribution in [-0.2, 0) is 17.8 Å². The molecule has 0 aliphatic carbocycles. The van der Waals surface area contributed by atoms with Gasteiger partial charge >= 0.3 is 0 Å². The lowest BCUT2D eigenvalue weighted by Gasteiger charge is -2.42. The second-order valence-electron chi connectivity index (χ2n) is 5.64. The summed E-state index contributed by atoms with van der Waals surface area (Å²) in [6, 6.07) is 6.26. The van der Waals surface area contributed by atoms with Crippen molar-refractivity contribution in [2.45, 2.75) is 32.5 Å². The van der Waals surface area contributed by atoms with Gasteiger partial charge in [-0.2, -0.15) is 0 Å². The first kappa shape index (κ1) is 14.3. The summed E-state index contributed by atoms with van der Waals surface area (Å²) in [7, 11) is 1.68. The van der Waals surface area contributed by atoms with Crippen LogP contribution in [0.25, 0.3) is 0 Å². The van der Waals surface area contributed by atoms with Gasteiger partial charge in [-0.1, -0.05) is 6.07 Å². The quantitative estimate of drug-likeness (QED) is 0.900. The van der Waals surface area contributed by atoms with Crippen LogP contribution in [0.15, 0.2) is 18.2 Å². The predicted octanol–water partition coefficient (Wildman–Crippen LogP) is 1.76. The van der Waals surface area contributed by atoms with E-state index in [1.165, 1.54) is 5.56 Å². The molecule has 2 rings (SSSR count). The summed E-state index contributed by atoms with van der Waals surface area (Å²) in [6.07, 6.45) is 0. The lowest BCUT2D eigenvalue weighted by molar-refractivity contribution is -0.0552. The van der Waals surface area contributed by atoms with E-state index < -0.39 is 0 Å². The minimum absolute atomic E-state index is 0.0844. The maximum atomic E-state index is 5.77. The van der Waals surface area contributed by atoms with Gasteiger partial charge in [0.05, 0.1) is 20.3 Å². The molecule has 4 nitrogen and oxygen atoms in total. The van der Waals surface area contributed by atoms with Gasteiger partial charge in [-0.15, -0.1) is 0 Å². The molecule has 0 aromatic heterocycles. The Labute approximate surface area is 115 Å². The van der Waals surface area contributed by atoms with Gasteiger partial charge in [-0.25, -0.2) is 0 Å². The minimum atomic E-state index is 0.0844. The Hall–Kier alpha value is -1.10. The van der Waals surface area contributed by atoms with Crippen molar-refractivity contribution in [3.8, 4) is 5.75 Å². The van der Waals surface area contributed by atoms with Crippen molar-refractivity contribution in [2.24, 2.45) is 5.73 Å². The lowest BCUT2D eigenvalue weighted by atomic mass is 10.0. The number of rotatable bonds is 4. The first-order valence-electron chi connectivity index (χ1n) is 6.75. The van der Waals surface area contributed by atoms with Gasteiger partial charge in [0.1, 0.15) is 5.75 Å². The molecular weight excluding hydrogens is 240 g/mol. The second kappa shape index (κ2) is 5.90. The normalized spacial score (nSPS) is 19.4. The third-order valence-electron chi connectivity index (χ3n) is 3.76. The third-order valence-corrected chi connectivity index (χ3v) is 3.76. The van der Waals surface area contributed by atoms with E-state index in [1.807, 2.05) is 6.07 Å². The van der Waals surface area contributed by atoms with E-state index in [-0.39, 0.29) is 5.54 Å². The molecule has 0 atom stereocenters. The van der Waals surface area contributed by atoms with Gasteiger partial charge in [0.15, 0.2) is 0 Å². The van der Waals surface area contributed by atoms with Crippen molar-refractivity contribution in [2.75, 3.05) is 26.9 Å². The summed E-state index contributed by atoms with van der Waals surface area (Å²) >= 11 is 0. The predicted molar refractivity (Wildman–Crippen MR) is 76.2 cm³/mol. The van der Waals surface area contributed by atoms with Crippen LogP contribution in [0.1, 0.15) is 25.0 Å². The highest BCUT2D eigenvalue weighted by Crippen LogP contribution is 2.24. The Morgan fingerprint density at radius 3 is 2.84 bits per heavy atom. The lowest BCUT2D eigenvalue weighted by Crippen LogP contribution is -2.52. The van der Waals surface area contributed by atoms with Crippen molar-refractivity contribution < 1.29 is 9.47 Å². The molecule has 0 unspecified atom stereocenters. The van der Waals surface area contributed by atoms with Crippen molar-refractivity contribution in [1.82, 2.24) is 4.90 Å². The number of nitrogens with zero attached hydrogens (tertiary/aromatic N) is 1. The first-order chi connectivity index (χ1) is 9.06. The SMILES string of the molecule is COc1ccc(CN2CCOCC2(C)C)cc1CN. The molecule has 106 valence electrons. The Balaban J connectivity index is 2.14. The van der Waals surface area contributed by atoms with Gasteiger partial charge in [-0.3, -0.25) is 4.90 Å². The van der Waals surface area contributed by atoms with Crippen LogP contribution in [0.5, 0.6) is 5.75 Å². The molecule has 0 amide bonds. The summed E-state index contributed by atoms with van der Waals surface area (Å²) in [5, 5.41) is 0. The number of methoxy groups -OCH3 is 1. The molecule has 1 aliphatic heterocycles. The number of nitrogens with two attached hydrogens (primary N) is 1. The third kappa shape index (κ3) is 3.26. The van der Waals surface area contributed by atoms with E-state index in [0.717, 1.165) is 37.6 Å². The van der Waals surface area contributed by atoms with Gasteiger partial charge in [-0.05, 0) is 31.5 Å². The van der Waals surface area contributed by atoms with Crippen LogP contribution in [0.3, 0.4) is 0 Å². The molecule has 1 fully saturated rings. The average Bonchev–Trinajstić information content (AvgIpc) is 2.41. The van der Waals surface area contributed by atoms with Gasteiger partial charge in [0.2, 0.25) is 0 Å². The molecule has 1 saturated heterocycles. The highest BCUT2D eigenvalue weighted by Gasteiger charge is 2.30. The van der Waals surface area contributed by atoms with E-state index in [0.29, 0.717) is 6.54 Å². The number of morpholine rings is 1. The maximum absolute atomic E-state index is 5.77. The highest BCUT2D eigenvalue weighted by molar-refractivity contribution is 5.37. The molecular formula is C15H24N2O2. The van der Waals surface area contributed by atoms with E-state index in [2.05, 4.69) is 30.9 Å². The monoisotopic (exact) mass is 264 g/mol. The number of hydrogen-bond donors (Lipinski definition) is 1. The molecule has 0 bridgehead atoms. The summed E-state index contributed by atoms with van der Waals surface area (Å²) in [6.45, 7) is 8.43. The number of benzene rings is 1. The summed E-state index contributed by atoms with van der Waals surface area (Å²) in [5.74, 6) is 0.868. The van der Waals surface area contributed by atoms with Crippen LogP contribution in [0, 0.1) is 0 Å². The summed E-state index contributed by atoms with van der Waals surface area (Å²) in [5.41, 5.74) is 8.19. The largest absolute Gasteiger partial charge is 0.496 e. The summed E-state index contributed by atoms with van der Waals surface area (Å²) in [4.78, 5) is 2.46. The Morgan fingerprint density at radius 1 is 1.42 bits per heavy atom. The molecule has 0 radical (unpaired) electrons. The molecule has 1 aromatic carbocycles. The smallest absolute Gasteiger partial charge is 0.123 e. The van der Waals surface area contributed by atoms with Gasteiger partial charge in [0.25, 0.3) is 0 Å². The van der Waals surface area contributed by atoms with Crippen LogP contribution >= 0.6 is 0 Å². The van der Waals surface area contributed by atoms with Crippen LogP contribution in [0.4, 0.5) is 0 Å². The first-order valence-corrected chi connectivity index (χ1v) is 6.75. The molecule has 1 heterocycles. The number of ether oxygens (including phenoxy) is 2. The molecule has 1 aliphatic rings. The molecule has 1 aromatic rings. The fourth-order valence-electron chi connectivity index (χ4n) is 2.49. The Bertz CT molecular complexity index is 432. The minimum Gasteiger partial charge on any atom is -0.496 e. The zero-order valence-corrected chi connectivity index (χ0v) is 12.1. The number of hydrogen-bond acceptors (Lipinski definition) is 4. The molecule has 4 heteroatoms. The van der Waals surface area contributed by atoms with E-state index in [1.54, 1.807) is 7.11 Å². The van der Waals surface area contributed by atoms with Crippen LogP contribution in [-0.4, -0.2) is 37.3 Å². The molecule has 2 N–H and O–H groups in total. The highest BCUT2D eigenvalue weighted by atomic mass is 16.5. The molecule has 19 heavy (non-hydrogen) atoms. The van der Waals surface area contributed by atoms with Crippen molar-refractivity contribution in [1.29, 1.82) is 0 Å². The maximum Gasteiger partial charge on any atom is 0.123 e. The zero-order chi connectivity index (χ0) is 13.9. The fourth-order valence-corrected chi connectivity index (χ4v) is 2.49. The average molecular weight is 264 g/mol. The second-order valence-corrected chi connectivity index (χ2v) is 5.64. The van der Waals surface area contributed by atoms with Gasteiger partial charge in [0, 0.05) is 30.7 Å². The van der Waals surface area contributed by atoms with E-state index in [9.17, 15) is 0 Å². The van der Waals surface area contributed by atoms with Crippen molar-refractivity contribution in [3.05, 3.63) is 29.3 Å². The summed E-state index contributed by atoms with van der Waals surface area (Å²) < 4.78 is 10.9. The van der Waals surface area contributed by atoms with Crippen LogP contribution < -0.4 is 10.5 Å². The molecule has 0 saturated carbocycles. The fraction of sp³-hybridized carbons (Fsp3) is 0.600. The van der Waals surface area contributed by atoms with E-state index in [4.69, 9.17) is 15.2 Å². The van der Waals surface area contributed by atoms with Crippen LogP contribution in [0.2, 0.25) is 0 Å². The zero-order valence-electron chi connectivity index (χ0n) is 12.1. The van der Waals surface area contributed by atoms with Gasteiger partial charge < -0.3 is 15.2 Å². The molecule has 0 spiro atoms. The Morgan fingerprint density at radius 2 is 2.21 bits per heavy atom.